The Kier molecular flexibility index (Phi) is 5.65. The van der Waals surface area contributed by atoms with Crippen LogP contribution < -0.4 is 5.32 Å². The van der Waals surface area contributed by atoms with E-state index in [1.807, 2.05) is 18.0 Å². The van der Waals surface area contributed by atoms with E-state index < -0.39 is 0 Å². The molecule has 0 bridgehead atoms. The molecule has 1 aromatic carbocycles. The number of amides is 1. The van der Waals surface area contributed by atoms with E-state index in [0.29, 0.717) is 19.1 Å². The second kappa shape index (κ2) is 7.90. The molecule has 2 fully saturated rings. The molecule has 2 aliphatic rings. The fraction of sp³-hybridized carbons (Fsp3) is 0.611. The number of carbonyl (C=O) groups excluding carboxylic acids is 1. The summed E-state index contributed by atoms with van der Waals surface area (Å²) in [6.45, 7) is 5.23. The summed E-state index contributed by atoms with van der Waals surface area (Å²) in [6, 6.07) is 11.0. The van der Waals surface area contributed by atoms with Crippen LogP contribution in [-0.2, 0) is 16.1 Å². The zero-order valence-electron chi connectivity index (χ0n) is 13.9. The van der Waals surface area contributed by atoms with Crippen LogP contribution in [0.15, 0.2) is 30.3 Å². The number of hydrogen-bond acceptors (Lipinski definition) is 4. The number of hydrogen-bond donors (Lipinski definition) is 1. The molecule has 1 aromatic rings. The first kappa shape index (κ1) is 16.4. The lowest BCUT2D eigenvalue weighted by molar-refractivity contribution is -0.133. The molecule has 5 heteroatoms. The first-order valence-corrected chi connectivity index (χ1v) is 8.55. The molecule has 1 N–H and O–H groups in total. The zero-order valence-corrected chi connectivity index (χ0v) is 13.9. The van der Waals surface area contributed by atoms with E-state index in [1.165, 1.54) is 5.56 Å². The van der Waals surface area contributed by atoms with E-state index in [0.717, 1.165) is 39.2 Å². The summed E-state index contributed by atoms with van der Waals surface area (Å²) in [6.07, 6.45) is 1.59. The summed E-state index contributed by atoms with van der Waals surface area (Å²) >= 11 is 0. The third-order valence-corrected chi connectivity index (χ3v) is 4.86. The minimum absolute atomic E-state index is 0.167. The number of benzene rings is 1. The maximum atomic E-state index is 12.5. The van der Waals surface area contributed by atoms with Crippen molar-refractivity contribution in [3.8, 4) is 0 Å². The Bertz CT molecular complexity index is 502. The largest absolute Gasteiger partial charge is 0.378 e. The summed E-state index contributed by atoms with van der Waals surface area (Å²) in [7, 11) is 1.95. The molecule has 1 amide bonds. The monoisotopic (exact) mass is 317 g/mol. The van der Waals surface area contributed by atoms with Crippen molar-refractivity contribution < 1.29 is 9.53 Å². The summed E-state index contributed by atoms with van der Waals surface area (Å²) in [5.74, 6) is 0.222. The Morgan fingerprint density at radius 3 is 2.96 bits per heavy atom. The highest BCUT2D eigenvalue weighted by Gasteiger charge is 2.29. The number of likely N-dealkylation sites (tertiary alicyclic amines) is 1. The van der Waals surface area contributed by atoms with E-state index in [2.05, 4.69) is 34.5 Å². The van der Waals surface area contributed by atoms with Crippen molar-refractivity contribution in [2.75, 3.05) is 39.9 Å². The Morgan fingerprint density at radius 2 is 2.22 bits per heavy atom. The van der Waals surface area contributed by atoms with Crippen LogP contribution >= 0.6 is 0 Å². The Balaban J connectivity index is 1.46. The molecular formula is C18H27N3O2. The topological polar surface area (TPSA) is 44.8 Å². The van der Waals surface area contributed by atoms with Crippen LogP contribution in [0.5, 0.6) is 0 Å². The second-order valence-electron chi connectivity index (χ2n) is 6.60. The van der Waals surface area contributed by atoms with Gasteiger partial charge in [0.2, 0.25) is 5.91 Å². The van der Waals surface area contributed by atoms with Gasteiger partial charge in [0.15, 0.2) is 0 Å². The lowest BCUT2D eigenvalue weighted by atomic mass is 10.1. The molecule has 0 saturated carbocycles. The number of rotatable bonds is 5. The molecule has 126 valence electrons. The van der Waals surface area contributed by atoms with E-state index in [1.54, 1.807) is 0 Å². The normalized spacial score (nSPS) is 25.4. The molecule has 23 heavy (non-hydrogen) atoms. The van der Waals surface area contributed by atoms with Crippen molar-refractivity contribution in [2.24, 2.45) is 0 Å². The quantitative estimate of drug-likeness (QED) is 0.883. The number of ether oxygens (including phenoxy) is 1. The van der Waals surface area contributed by atoms with Crippen molar-refractivity contribution in [2.45, 2.75) is 31.5 Å². The first-order chi connectivity index (χ1) is 11.2. The van der Waals surface area contributed by atoms with E-state index in [4.69, 9.17) is 4.74 Å². The second-order valence-corrected chi connectivity index (χ2v) is 6.60. The fourth-order valence-electron chi connectivity index (χ4n) is 3.42. The first-order valence-electron chi connectivity index (χ1n) is 8.55. The molecule has 0 spiro atoms. The van der Waals surface area contributed by atoms with E-state index in [9.17, 15) is 4.79 Å². The van der Waals surface area contributed by atoms with Crippen LogP contribution in [0.25, 0.3) is 0 Å². The standard InChI is InChI=1S/C18H27N3O2/c1-20(18(22)11-16-14-23-10-8-19-16)17-7-9-21(13-17)12-15-5-3-2-4-6-15/h2-6,16-17,19H,7-14H2,1H3. The van der Waals surface area contributed by atoms with Gasteiger partial charge in [0.05, 0.1) is 13.2 Å². The lowest BCUT2D eigenvalue weighted by Gasteiger charge is -2.29. The van der Waals surface area contributed by atoms with Crippen molar-refractivity contribution >= 4 is 5.91 Å². The minimum Gasteiger partial charge on any atom is -0.378 e. The molecule has 5 nitrogen and oxygen atoms in total. The summed E-state index contributed by atoms with van der Waals surface area (Å²) in [4.78, 5) is 16.9. The van der Waals surface area contributed by atoms with Crippen LogP contribution in [0.3, 0.4) is 0 Å². The van der Waals surface area contributed by atoms with E-state index in [-0.39, 0.29) is 11.9 Å². The third kappa shape index (κ3) is 4.53. The van der Waals surface area contributed by atoms with Gasteiger partial charge in [-0.3, -0.25) is 9.69 Å². The van der Waals surface area contributed by atoms with Gasteiger partial charge in [-0.2, -0.15) is 0 Å². The van der Waals surface area contributed by atoms with Crippen molar-refractivity contribution in [1.82, 2.24) is 15.1 Å². The van der Waals surface area contributed by atoms with Crippen LogP contribution in [0, 0.1) is 0 Å². The fourth-order valence-corrected chi connectivity index (χ4v) is 3.42. The van der Waals surface area contributed by atoms with Gasteiger partial charge in [0.1, 0.15) is 0 Å². The van der Waals surface area contributed by atoms with Crippen molar-refractivity contribution in [1.29, 1.82) is 0 Å². The zero-order chi connectivity index (χ0) is 16.1. The number of nitrogens with zero attached hydrogens (tertiary/aromatic N) is 2. The number of likely N-dealkylation sites (N-methyl/N-ethyl adjacent to an activating group) is 1. The molecule has 2 saturated heterocycles. The number of morpholine rings is 1. The predicted octanol–water partition coefficient (Wildman–Crippen LogP) is 1.10. The van der Waals surface area contributed by atoms with E-state index >= 15 is 0 Å². The van der Waals surface area contributed by atoms with Gasteiger partial charge in [-0.1, -0.05) is 30.3 Å². The number of carbonyl (C=O) groups is 1. The predicted molar refractivity (Wildman–Crippen MR) is 90.1 cm³/mol. The van der Waals surface area contributed by atoms with Crippen LogP contribution in [0.1, 0.15) is 18.4 Å². The summed E-state index contributed by atoms with van der Waals surface area (Å²) in [5.41, 5.74) is 1.34. The van der Waals surface area contributed by atoms with Gasteiger partial charge in [0, 0.05) is 51.7 Å². The Labute approximate surface area is 138 Å². The molecule has 0 aliphatic carbocycles. The molecule has 2 aliphatic heterocycles. The SMILES string of the molecule is CN(C(=O)CC1COCCN1)C1CCN(Cc2ccccc2)C1. The summed E-state index contributed by atoms with van der Waals surface area (Å²) < 4.78 is 5.43. The maximum Gasteiger partial charge on any atom is 0.224 e. The van der Waals surface area contributed by atoms with Crippen molar-refractivity contribution in [3.63, 3.8) is 0 Å². The minimum atomic E-state index is 0.167. The smallest absolute Gasteiger partial charge is 0.224 e. The molecule has 3 rings (SSSR count). The highest BCUT2D eigenvalue weighted by atomic mass is 16.5. The average molecular weight is 317 g/mol. The van der Waals surface area contributed by atoms with Gasteiger partial charge in [0.25, 0.3) is 0 Å². The maximum absolute atomic E-state index is 12.5. The highest BCUT2D eigenvalue weighted by molar-refractivity contribution is 5.77. The Morgan fingerprint density at radius 1 is 1.39 bits per heavy atom. The van der Waals surface area contributed by atoms with Gasteiger partial charge in [-0.05, 0) is 12.0 Å². The molecule has 2 heterocycles. The Hall–Kier alpha value is -1.43. The van der Waals surface area contributed by atoms with Crippen LogP contribution in [0.2, 0.25) is 0 Å². The molecule has 2 unspecified atom stereocenters. The molecular weight excluding hydrogens is 290 g/mol. The third-order valence-electron chi connectivity index (χ3n) is 4.86. The average Bonchev–Trinajstić information content (AvgIpc) is 3.04. The molecule has 0 radical (unpaired) electrons. The highest BCUT2D eigenvalue weighted by Crippen LogP contribution is 2.18. The summed E-state index contributed by atoms with van der Waals surface area (Å²) in [5, 5.41) is 3.35. The lowest BCUT2D eigenvalue weighted by Crippen LogP contribution is -2.46. The number of nitrogens with one attached hydrogen (secondary N) is 1. The van der Waals surface area contributed by atoms with Crippen molar-refractivity contribution in [3.05, 3.63) is 35.9 Å². The van der Waals surface area contributed by atoms with Gasteiger partial charge < -0.3 is 15.0 Å². The van der Waals surface area contributed by atoms with Crippen LogP contribution in [0.4, 0.5) is 0 Å². The van der Waals surface area contributed by atoms with Gasteiger partial charge >= 0.3 is 0 Å². The van der Waals surface area contributed by atoms with Gasteiger partial charge in [-0.15, -0.1) is 0 Å². The molecule has 0 aromatic heterocycles. The van der Waals surface area contributed by atoms with Gasteiger partial charge in [-0.25, -0.2) is 0 Å². The van der Waals surface area contributed by atoms with Crippen LogP contribution in [-0.4, -0.2) is 67.7 Å². The molecule has 2 atom stereocenters.